The molecular weight excluding hydrogens is 142 g/mol. The van der Waals surface area contributed by atoms with Gasteiger partial charge in [-0.05, 0) is 19.8 Å². The molecule has 0 saturated heterocycles. The zero-order valence-electron chi connectivity index (χ0n) is 7.72. The van der Waals surface area contributed by atoms with Crippen LogP contribution in [0.1, 0.15) is 33.6 Å². The lowest BCUT2D eigenvalue weighted by Gasteiger charge is -2.15. The highest BCUT2D eigenvalue weighted by Crippen LogP contribution is 1.96. The molecule has 0 aliphatic carbocycles. The van der Waals surface area contributed by atoms with Crippen molar-refractivity contribution in [2.45, 2.75) is 39.9 Å². The molecule has 0 aromatic carbocycles. The molecule has 0 spiro atoms. The Balaban J connectivity index is 3.20. The lowest BCUT2D eigenvalue weighted by atomic mass is 10.5. The third kappa shape index (κ3) is 6.28. The number of rotatable bonds is 7. The lowest BCUT2D eigenvalue weighted by molar-refractivity contribution is -0.178. The van der Waals surface area contributed by atoms with Crippen LogP contribution in [-0.2, 0) is 9.57 Å². The first-order chi connectivity index (χ1) is 5.35. The van der Waals surface area contributed by atoms with Gasteiger partial charge in [0.25, 0.3) is 0 Å². The van der Waals surface area contributed by atoms with E-state index in [0.29, 0.717) is 6.61 Å². The zero-order chi connectivity index (χ0) is 8.53. The van der Waals surface area contributed by atoms with E-state index in [1.54, 1.807) is 0 Å². The van der Waals surface area contributed by atoms with Crippen LogP contribution in [0.25, 0.3) is 0 Å². The lowest BCUT2D eigenvalue weighted by Crippen LogP contribution is -2.26. The molecule has 0 amide bonds. The molecule has 0 aliphatic heterocycles. The van der Waals surface area contributed by atoms with E-state index in [1.807, 2.05) is 13.8 Å². The Morgan fingerprint density at radius 2 is 2.00 bits per heavy atom. The summed E-state index contributed by atoms with van der Waals surface area (Å²) in [6.45, 7) is 7.67. The van der Waals surface area contributed by atoms with Crippen LogP contribution in [0.15, 0.2) is 0 Å². The number of ether oxygens (including phenoxy) is 1. The van der Waals surface area contributed by atoms with Crippen LogP contribution in [0.3, 0.4) is 0 Å². The van der Waals surface area contributed by atoms with Crippen molar-refractivity contribution in [3.8, 4) is 0 Å². The fraction of sp³-hybridized carbons (Fsp3) is 1.00. The maximum Gasteiger partial charge on any atom is 0.176 e. The van der Waals surface area contributed by atoms with E-state index in [0.717, 1.165) is 19.4 Å². The highest BCUT2D eigenvalue weighted by molar-refractivity contribution is 4.36. The standard InChI is InChI=1S/C8H19NO2/c1-4-7-9-11-8(5-2)10-6-3/h8-9H,4-7H2,1-3H3. The average molecular weight is 161 g/mol. The second-order valence-electron chi connectivity index (χ2n) is 2.31. The third-order valence-electron chi connectivity index (χ3n) is 1.25. The first-order valence-electron chi connectivity index (χ1n) is 4.35. The molecule has 0 saturated carbocycles. The summed E-state index contributed by atoms with van der Waals surface area (Å²) in [5, 5.41) is 0. The number of hydrogen-bond acceptors (Lipinski definition) is 3. The molecule has 1 N–H and O–H groups in total. The first kappa shape index (κ1) is 10.9. The van der Waals surface area contributed by atoms with Crippen LogP contribution in [0.5, 0.6) is 0 Å². The predicted octanol–water partition coefficient (Wildman–Crippen LogP) is 1.69. The van der Waals surface area contributed by atoms with E-state index in [1.165, 1.54) is 0 Å². The van der Waals surface area contributed by atoms with Crippen molar-refractivity contribution in [3.05, 3.63) is 0 Å². The molecule has 1 atom stereocenters. The molecule has 0 aromatic rings. The maximum atomic E-state index is 5.25. The van der Waals surface area contributed by atoms with Crippen molar-refractivity contribution in [1.82, 2.24) is 5.48 Å². The summed E-state index contributed by atoms with van der Waals surface area (Å²) in [4.78, 5) is 5.20. The Bertz CT molecular complexity index is 78.5. The first-order valence-corrected chi connectivity index (χ1v) is 4.35. The molecule has 11 heavy (non-hydrogen) atoms. The van der Waals surface area contributed by atoms with Gasteiger partial charge in [0, 0.05) is 13.2 Å². The summed E-state index contributed by atoms with van der Waals surface area (Å²) in [5.41, 5.74) is 2.85. The monoisotopic (exact) mass is 161 g/mol. The molecule has 1 unspecified atom stereocenters. The topological polar surface area (TPSA) is 30.5 Å². The summed E-state index contributed by atoms with van der Waals surface area (Å²) in [5.74, 6) is 0. The van der Waals surface area contributed by atoms with Crippen molar-refractivity contribution < 1.29 is 9.57 Å². The van der Waals surface area contributed by atoms with Crippen molar-refractivity contribution >= 4 is 0 Å². The summed E-state index contributed by atoms with van der Waals surface area (Å²) in [6.07, 6.45) is 1.86. The molecule has 3 nitrogen and oxygen atoms in total. The Labute approximate surface area is 69.0 Å². The molecule has 3 heteroatoms. The van der Waals surface area contributed by atoms with E-state index < -0.39 is 0 Å². The van der Waals surface area contributed by atoms with Gasteiger partial charge in [0.05, 0.1) is 0 Å². The average Bonchev–Trinajstić information content (AvgIpc) is 2.03. The van der Waals surface area contributed by atoms with Crippen LogP contribution in [0.2, 0.25) is 0 Å². The van der Waals surface area contributed by atoms with Gasteiger partial charge in [0.2, 0.25) is 0 Å². The largest absolute Gasteiger partial charge is 0.351 e. The minimum Gasteiger partial charge on any atom is -0.351 e. The minimum absolute atomic E-state index is 0.0912. The van der Waals surface area contributed by atoms with Gasteiger partial charge in [-0.2, -0.15) is 5.48 Å². The van der Waals surface area contributed by atoms with Crippen LogP contribution in [0.4, 0.5) is 0 Å². The van der Waals surface area contributed by atoms with E-state index >= 15 is 0 Å². The third-order valence-corrected chi connectivity index (χ3v) is 1.25. The van der Waals surface area contributed by atoms with Gasteiger partial charge >= 0.3 is 0 Å². The van der Waals surface area contributed by atoms with Gasteiger partial charge in [-0.3, -0.25) is 4.84 Å². The predicted molar refractivity (Wildman–Crippen MR) is 45.1 cm³/mol. The Morgan fingerprint density at radius 1 is 1.27 bits per heavy atom. The SMILES string of the molecule is CCCNOC(CC)OCC. The van der Waals surface area contributed by atoms with Crippen molar-refractivity contribution in [2.75, 3.05) is 13.2 Å². The highest BCUT2D eigenvalue weighted by Gasteiger charge is 2.03. The Morgan fingerprint density at radius 3 is 2.45 bits per heavy atom. The summed E-state index contributed by atoms with van der Waals surface area (Å²) in [7, 11) is 0. The molecule has 68 valence electrons. The zero-order valence-corrected chi connectivity index (χ0v) is 7.72. The second-order valence-corrected chi connectivity index (χ2v) is 2.31. The molecule has 0 fully saturated rings. The molecule has 0 aromatic heterocycles. The van der Waals surface area contributed by atoms with E-state index in [4.69, 9.17) is 9.57 Å². The molecule has 0 heterocycles. The van der Waals surface area contributed by atoms with Crippen molar-refractivity contribution in [1.29, 1.82) is 0 Å². The fourth-order valence-corrected chi connectivity index (χ4v) is 0.675. The molecular formula is C8H19NO2. The Hall–Kier alpha value is -0.120. The van der Waals surface area contributed by atoms with Gasteiger partial charge in [0.15, 0.2) is 6.29 Å². The van der Waals surface area contributed by atoms with Crippen LogP contribution in [-0.4, -0.2) is 19.4 Å². The number of hydroxylamine groups is 1. The molecule has 0 radical (unpaired) electrons. The molecule has 0 aliphatic rings. The normalized spacial score (nSPS) is 13.4. The van der Waals surface area contributed by atoms with Gasteiger partial charge in [-0.25, -0.2) is 0 Å². The van der Waals surface area contributed by atoms with Crippen molar-refractivity contribution in [3.63, 3.8) is 0 Å². The highest BCUT2D eigenvalue weighted by atomic mass is 16.8. The fourth-order valence-electron chi connectivity index (χ4n) is 0.675. The van der Waals surface area contributed by atoms with Gasteiger partial charge in [0.1, 0.15) is 0 Å². The van der Waals surface area contributed by atoms with Crippen LogP contribution >= 0.6 is 0 Å². The quantitative estimate of drug-likeness (QED) is 0.350. The van der Waals surface area contributed by atoms with E-state index in [2.05, 4.69) is 12.4 Å². The van der Waals surface area contributed by atoms with E-state index in [-0.39, 0.29) is 6.29 Å². The number of nitrogens with one attached hydrogen (secondary N) is 1. The van der Waals surface area contributed by atoms with Gasteiger partial charge in [-0.15, -0.1) is 0 Å². The second kappa shape index (κ2) is 7.98. The van der Waals surface area contributed by atoms with Crippen LogP contribution in [0, 0.1) is 0 Å². The van der Waals surface area contributed by atoms with E-state index in [9.17, 15) is 0 Å². The molecule has 0 rings (SSSR count). The summed E-state index contributed by atoms with van der Waals surface area (Å²) in [6, 6.07) is 0. The maximum absolute atomic E-state index is 5.25. The van der Waals surface area contributed by atoms with Gasteiger partial charge in [-0.1, -0.05) is 13.8 Å². The Kier molecular flexibility index (Phi) is 7.89. The van der Waals surface area contributed by atoms with Crippen molar-refractivity contribution in [2.24, 2.45) is 0 Å². The smallest absolute Gasteiger partial charge is 0.176 e. The molecule has 0 bridgehead atoms. The van der Waals surface area contributed by atoms with Gasteiger partial charge < -0.3 is 4.74 Å². The summed E-state index contributed by atoms with van der Waals surface area (Å²) >= 11 is 0. The van der Waals surface area contributed by atoms with Crippen LogP contribution < -0.4 is 5.48 Å². The summed E-state index contributed by atoms with van der Waals surface area (Å²) < 4.78 is 5.25. The minimum atomic E-state index is -0.0912. The number of hydrogen-bond donors (Lipinski definition) is 1.